The molecule has 1 fully saturated rings. The molecule has 5 heteroatoms. The van der Waals surface area contributed by atoms with Crippen molar-refractivity contribution in [2.45, 2.75) is 38.8 Å². The molecule has 1 amide bonds. The Balaban J connectivity index is 2.32. The summed E-state index contributed by atoms with van der Waals surface area (Å²) in [4.78, 5) is 13.8. The summed E-state index contributed by atoms with van der Waals surface area (Å²) >= 11 is 6.13. The molecule has 1 unspecified atom stereocenters. The predicted molar refractivity (Wildman–Crippen MR) is 83.0 cm³/mol. The Hall–Kier alpha value is -1.26. The molecule has 1 aliphatic heterocycles. The average molecular weight is 296 g/mol. The van der Waals surface area contributed by atoms with Crippen LogP contribution in [-0.2, 0) is 11.3 Å². The van der Waals surface area contributed by atoms with E-state index in [0.717, 1.165) is 50.1 Å². The van der Waals surface area contributed by atoms with E-state index in [1.54, 1.807) is 0 Å². The van der Waals surface area contributed by atoms with Crippen LogP contribution in [0.3, 0.4) is 0 Å². The van der Waals surface area contributed by atoms with Crippen molar-refractivity contribution >= 4 is 23.2 Å². The van der Waals surface area contributed by atoms with Crippen LogP contribution in [0.1, 0.15) is 31.7 Å². The van der Waals surface area contributed by atoms with Gasteiger partial charge in [-0.1, -0.05) is 24.6 Å². The van der Waals surface area contributed by atoms with Gasteiger partial charge < -0.3 is 16.0 Å². The van der Waals surface area contributed by atoms with Crippen molar-refractivity contribution in [3.63, 3.8) is 0 Å². The zero-order chi connectivity index (χ0) is 14.5. The molecular formula is C15H22ClN3O. The minimum Gasteiger partial charge on any atom is -0.368 e. The molecule has 1 aliphatic rings. The SMILES string of the molecule is CCNCc1ccc(Cl)cc1N1CCCCC1C(N)=O. The minimum absolute atomic E-state index is 0.220. The van der Waals surface area contributed by atoms with Gasteiger partial charge >= 0.3 is 0 Å². The van der Waals surface area contributed by atoms with Crippen molar-refractivity contribution < 1.29 is 4.79 Å². The number of hydrogen-bond acceptors (Lipinski definition) is 3. The third-order valence-electron chi connectivity index (χ3n) is 3.75. The zero-order valence-electron chi connectivity index (χ0n) is 11.9. The third kappa shape index (κ3) is 3.44. The molecule has 2 rings (SSSR count). The Morgan fingerprint density at radius 1 is 1.50 bits per heavy atom. The van der Waals surface area contributed by atoms with Crippen molar-refractivity contribution in [1.82, 2.24) is 5.32 Å². The van der Waals surface area contributed by atoms with Gasteiger partial charge in [0.2, 0.25) is 5.91 Å². The molecule has 1 aromatic rings. The van der Waals surface area contributed by atoms with E-state index in [4.69, 9.17) is 17.3 Å². The number of anilines is 1. The van der Waals surface area contributed by atoms with E-state index in [1.165, 1.54) is 0 Å². The number of amides is 1. The molecule has 4 nitrogen and oxygen atoms in total. The molecular weight excluding hydrogens is 274 g/mol. The van der Waals surface area contributed by atoms with Gasteiger partial charge in [-0.25, -0.2) is 0 Å². The molecule has 0 spiro atoms. The van der Waals surface area contributed by atoms with Crippen molar-refractivity contribution in [1.29, 1.82) is 0 Å². The molecule has 1 saturated heterocycles. The first-order valence-corrected chi connectivity index (χ1v) is 7.56. The lowest BCUT2D eigenvalue weighted by Crippen LogP contribution is -2.48. The van der Waals surface area contributed by atoms with Crippen LogP contribution in [0.4, 0.5) is 5.69 Å². The Labute approximate surface area is 125 Å². The summed E-state index contributed by atoms with van der Waals surface area (Å²) in [5.41, 5.74) is 7.74. The Kier molecular flexibility index (Phi) is 5.26. The van der Waals surface area contributed by atoms with Crippen molar-refractivity contribution in [3.8, 4) is 0 Å². The third-order valence-corrected chi connectivity index (χ3v) is 3.99. The second-order valence-electron chi connectivity index (χ2n) is 5.16. The molecule has 0 radical (unpaired) electrons. The molecule has 1 atom stereocenters. The van der Waals surface area contributed by atoms with E-state index in [-0.39, 0.29) is 11.9 Å². The normalized spacial score (nSPS) is 19.1. The summed E-state index contributed by atoms with van der Waals surface area (Å²) in [5, 5.41) is 4.01. The van der Waals surface area contributed by atoms with Gasteiger partial charge in [0.15, 0.2) is 0 Å². The van der Waals surface area contributed by atoms with Gasteiger partial charge in [0, 0.05) is 23.8 Å². The predicted octanol–water partition coefficient (Wildman–Crippen LogP) is 2.29. The molecule has 110 valence electrons. The highest BCUT2D eigenvalue weighted by Gasteiger charge is 2.28. The van der Waals surface area contributed by atoms with Gasteiger partial charge in [0.05, 0.1) is 0 Å². The Bertz CT molecular complexity index is 478. The molecule has 1 aromatic carbocycles. The van der Waals surface area contributed by atoms with E-state index < -0.39 is 0 Å². The molecule has 0 aliphatic carbocycles. The quantitative estimate of drug-likeness (QED) is 0.876. The average Bonchev–Trinajstić information content (AvgIpc) is 2.46. The number of halogens is 1. The topological polar surface area (TPSA) is 58.4 Å². The molecule has 0 bridgehead atoms. The van der Waals surface area contributed by atoms with Crippen LogP contribution in [0.2, 0.25) is 5.02 Å². The van der Waals surface area contributed by atoms with Crippen molar-refractivity contribution in [2.24, 2.45) is 5.73 Å². The highest BCUT2D eigenvalue weighted by molar-refractivity contribution is 6.30. The second kappa shape index (κ2) is 6.95. The number of piperidine rings is 1. The molecule has 3 N–H and O–H groups in total. The van der Waals surface area contributed by atoms with Crippen LogP contribution < -0.4 is 16.0 Å². The lowest BCUT2D eigenvalue weighted by atomic mass is 9.99. The number of hydrogen-bond donors (Lipinski definition) is 2. The van der Waals surface area contributed by atoms with Gasteiger partial charge in [-0.2, -0.15) is 0 Å². The monoisotopic (exact) mass is 295 g/mol. The lowest BCUT2D eigenvalue weighted by molar-refractivity contribution is -0.119. The van der Waals surface area contributed by atoms with Crippen LogP contribution in [-0.4, -0.2) is 25.0 Å². The summed E-state index contributed by atoms with van der Waals surface area (Å²) in [5.74, 6) is -0.251. The van der Waals surface area contributed by atoms with Gasteiger partial charge in [0.25, 0.3) is 0 Å². The van der Waals surface area contributed by atoms with E-state index in [9.17, 15) is 4.79 Å². The lowest BCUT2D eigenvalue weighted by Gasteiger charge is -2.37. The highest BCUT2D eigenvalue weighted by atomic mass is 35.5. The Morgan fingerprint density at radius 2 is 2.30 bits per heavy atom. The largest absolute Gasteiger partial charge is 0.368 e. The molecule has 0 saturated carbocycles. The number of rotatable bonds is 5. The summed E-state index contributed by atoms with van der Waals surface area (Å²) in [7, 11) is 0. The number of carbonyl (C=O) groups is 1. The number of carbonyl (C=O) groups excluding carboxylic acids is 1. The van der Waals surface area contributed by atoms with Crippen molar-refractivity contribution in [3.05, 3.63) is 28.8 Å². The standard InChI is InChI=1S/C15H22ClN3O/c1-2-18-10-11-6-7-12(16)9-14(11)19-8-4-3-5-13(19)15(17)20/h6-7,9,13,18H,2-5,8,10H2,1H3,(H2,17,20). The summed E-state index contributed by atoms with van der Waals surface area (Å²) in [6.45, 7) is 4.60. The van der Waals surface area contributed by atoms with Crippen LogP contribution >= 0.6 is 11.6 Å². The summed E-state index contributed by atoms with van der Waals surface area (Å²) in [6, 6.07) is 5.63. The van der Waals surface area contributed by atoms with E-state index in [0.29, 0.717) is 5.02 Å². The van der Waals surface area contributed by atoms with Gasteiger partial charge in [-0.15, -0.1) is 0 Å². The number of primary amides is 1. The molecule has 1 heterocycles. The molecule has 0 aromatic heterocycles. The van der Waals surface area contributed by atoms with E-state index in [2.05, 4.69) is 17.1 Å². The second-order valence-corrected chi connectivity index (χ2v) is 5.60. The molecule has 20 heavy (non-hydrogen) atoms. The van der Waals surface area contributed by atoms with Gasteiger partial charge in [0.1, 0.15) is 6.04 Å². The maximum atomic E-state index is 11.7. The summed E-state index contributed by atoms with van der Waals surface area (Å²) in [6.07, 6.45) is 2.95. The first-order chi connectivity index (χ1) is 9.63. The fraction of sp³-hybridized carbons (Fsp3) is 0.533. The van der Waals surface area contributed by atoms with Crippen LogP contribution in [0.15, 0.2) is 18.2 Å². The number of benzene rings is 1. The maximum absolute atomic E-state index is 11.7. The van der Waals surface area contributed by atoms with Crippen LogP contribution in [0.25, 0.3) is 0 Å². The number of nitrogens with one attached hydrogen (secondary N) is 1. The van der Waals surface area contributed by atoms with E-state index in [1.807, 2.05) is 18.2 Å². The fourth-order valence-corrected chi connectivity index (χ4v) is 2.90. The first-order valence-electron chi connectivity index (χ1n) is 7.18. The van der Waals surface area contributed by atoms with Crippen LogP contribution in [0.5, 0.6) is 0 Å². The Morgan fingerprint density at radius 3 is 3.00 bits per heavy atom. The van der Waals surface area contributed by atoms with Crippen molar-refractivity contribution in [2.75, 3.05) is 18.0 Å². The number of nitrogens with zero attached hydrogens (tertiary/aromatic N) is 1. The van der Waals surface area contributed by atoms with E-state index >= 15 is 0 Å². The summed E-state index contributed by atoms with van der Waals surface area (Å²) < 4.78 is 0. The van der Waals surface area contributed by atoms with Gasteiger partial charge in [-0.3, -0.25) is 4.79 Å². The smallest absolute Gasteiger partial charge is 0.240 e. The number of nitrogens with two attached hydrogens (primary N) is 1. The first kappa shape index (κ1) is 15.1. The highest BCUT2D eigenvalue weighted by Crippen LogP contribution is 2.30. The van der Waals surface area contributed by atoms with Crippen LogP contribution in [0, 0.1) is 0 Å². The fourth-order valence-electron chi connectivity index (χ4n) is 2.73. The maximum Gasteiger partial charge on any atom is 0.240 e. The van der Waals surface area contributed by atoms with Gasteiger partial charge in [-0.05, 0) is 43.5 Å². The zero-order valence-corrected chi connectivity index (χ0v) is 12.6. The minimum atomic E-state index is -0.251.